The second-order valence-corrected chi connectivity index (χ2v) is 6.16. The summed E-state index contributed by atoms with van der Waals surface area (Å²) in [5.41, 5.74) is 5.29. The van der Waals surface area contributed by atoms with Crippen molar-refractivity contribution >= 4 is 12.2 Å². The minimum atomic E-state index is -1.45. The average molecular weight is 334 g/mol. The van der Waals surface area contributed by atoms with Crippen LogP contribution in [-0.4, -0.2) is 53.0 Å². The number of rotatable bonds is 4. The summed E-state index contributed by atoms with van der Waals surface area (Å²) in [4.78, 5) is 6.82. The Hall–Kier alpha value is -2.25. The van der Waals surface area contributed by atoms with E-state index in [9.17, 15) is 10.4 Å². The van der Waals surface area contributed by atoms with Crippen molar-refractivity contribution < 1.29 is 24.7 Å². The largest absolute Gasteiger partial charge is 0.394 e. The van der Waals surface area contributed by atoms with E-state index < -0.39 is 29.7 Å². The minimum absolute atomic E-state index is 0.175. The molecule has 1 aromatic rings. The third-order valence-corrected chi connectivity index (χ3v) is 4.16. The number of nitriles is 1. The highest BCUT2D eigenvalue weighted by molar-refractivity contribution is 5.99. The number of aromatic amines is 1. The van der Waals surface area contributed by atoms with E-state index in [1.165, 1.54) is 0 Å². The number of H-pyrrole nitrogens is 1. The van der Waals surface area contributed by atoms with E-state index in [-0.39, 0.29) is 12.4 Å². The van der Waals surface area contributed by atoms with Gasteiger partial charge in [-0.25, -0.2) is 0 Å². The normalized spacial score (nSPS) is 34.8. The van der Waals surface area contributed by atoms with Gasteiger partial charge < -0.3 is 30.0 Å². The SMILES string of the molecule is CC1(C)O[C@H]2[C@@H](O1)[C@](C#N)(c1ccc(C(N)=NC=[NH2+])[nH]1)O[C@@H]2CO. The summed E-state index contributed by atoms with van der Waals surface area (Å²) in [7, 11) is 0. The van der Waals surface area contributed by atoms with E-state index in [1.54, 1.807) is 26.0 Å². The van der Waals surface area contributed by atoms with E-state index in [4.69, 9.17) is 25.4 Å². The fourth-order valence-corrected chi connectivity index (χ4v) is 3.17. The Morgan fingerprint density at radius 2 is 2.25 bits per heavy atom. The van der Waals surface area contributed by atoms with Crippen LogP contribution in [0.2, 0.25) is 0 Å². The highest BCUT2D eigenvalue weighted by Crippen LogP contribution is 2.48. The number of fused-ring (bicyclic) bond motifs is 1. The molecule has 1 aromatic heterocycles. The molecule has 0 unspecified atom stereocenters. The van der Waals surface area contributed by atoms with Crippen LogP contribution < -0.4 is 11.1 Å². The summed E-state index contributed by atoms with van der Waals surface area (Å²) in [5, 5.41) is 24.7. The molecule has 3 rings (SSSR count). The van der Waals surface area contributed by atoms with Gasteiger partial charge in [0, 0.05) is 0 Å². The van der Waals surface area contributed by atoms with Gasteiger partial charge in [-0.3, -0.25) is 5.41 Å². The zero-order valence-electron chi connectivity index (χ0n) is 13.4. The number of amidine groups is 1. The van der Waals surface area contributed by atoms with Crippen molar-refractivity contribution in [3.63, 3.8) is 0 Å². The van der Waals surface area contributed by atoms with Gasteiger partial charge in [0.05, 0.1) is 12.3 Å². The number of ether oxygens (including phenoxy) is 3. The van der Waals surface area contributed by atoms with Crippen LogP contribution in [0.1, 0.15) is 25.2 Å². The van der Waals surface area contributed by atoms with Crippen molar-refractivity contribution in [2.45, 2.75) is 43.5 Å². The Balaban J connectivity index is 2.02. The van der Waals surface area contributed by atoms with Gasteiger partial charge in [0.15, 0.2) is 5.79 Å². The van der Waals surface area contributed by atoms with Gasteiger partial charge in [0.1, 0.15) is 30.1 Å². The van der Waals surface area contributed by atoms with Gasteiger partial charge in [-0.05, 0) is 31.0 Å². The summed E-state index contributed by atoms with van der Waals surface area (Å²) in [6, 6.07) is 5.51. The predicted molar refractivity (Wildman–Crippen MR) is 82.6 cm³/mol. The number of nitrogens with two attached hydrogens (primary N) is 2. The number of nitrogens with zero attached hydrogens (tertiary/aromatic N) is 2. The molecule has 4 atom stereocenters. The molecular formula is C15H20N5O4+. The molecule has 3 heterocycles. The molecule has 0 radical (unpaired) electrons. The number of aromatic nitrogens is 1. The molecule has 24 heavy (non-hydrogen) atoms. The molecule has 0 amide bonds. The van der Waals surface area contributed by atoms with Gasteiger partial charge >= 0.3 is 0 Å². The molecular weight excluding hydrogens is 314 g/mol. The summed E-state index contributed by atoms with van der Waals surface area (Å²) in [6.07, 6.45) is -0.845. The van der Waals surface area contributed by atoms with E-state index in [0.717, 1.165) is 6.34 Å². The van der Waals surface area contributed by atoms with Crippen molar-refractivity contribution in [2.24, 2.45) is 10.7 Å². The topological polar surface area (TPSA) is 151 Å². The van der Waals surface area contributed by atoms with Gasteiger partial charge in [0.25, 0.3) is 12.2 Å². The third-order valence-electron chi connectivity index (χ3n) is 4.16. The molecule has 2 aliphatic heterocycles. The zero-order chi connectivity index (χ0) is 17.5. The number of nitrogens with one attached hydrogen (secondary N) is 1. The first-order chi connectivity index (χ1) is 11.4. The average Bonchev–Trinajstić information content (AvgIpc) is 3.20. The van der Waals surface area contributed by atoms with E-state index in [1.807, 2.05) is 0 Å². The Morgan fingerprint density at radius 3 is 2.88 bits per heavy atom. The molecule has 2 aliphatic rings. The van der Waals surface area contributed by atoms with Crippen LogP contribution in [0.4, 0.5) is 0 Å². The monoisotopic (exact) mass is 334 g/mol. The number of hydrogen-bond donors (Lipinski definition) is 4. The second-order valence-electron chi connectivity index (χ2n) is 6.16. The summed E-state index contributed by atoms with van der Waals surface area (Å²) in [6.45, 7) is 3.22. The lowest BCUT2D eigenvalue weighted by Gasteiger charge is -2.28. The lowest BCUT2D eigenvalue weighted by atomic mass is 9.93. The molecule has 9 heteroatoms. The van der Waals surface area contributed by atoms with Crippen LogP contribution in [0.25, 0.3) is 0 Å². The van der Waals surface area contributed by atoms with Crippen LogP contribution >= 0.6 is 0 Å². The molecule has 9 nitrogen and oxygen atoms in total. The van der Waals surface area contributed by atoms with Crippen molar-refractivity contribution in [2.75, 3.05) is 6.61 Å². The predicted octanol–water partition coefficient (Wildman–Crippen LogP) is -1.86. The first-order valence-corrected chi connectivity index (χ1v) is 7.49. The summed E-state index contributed by atoms with van der Waals surface area (Å²) < 4.78 is 17.5. The van der Waals surface area contributed by atoms with Crippen molar-refractivity contribution in [3.8, 4) is 6.07 Å². The van der Waals surface area contributed by atoms with Gasteiger partial charge in [-0.15, -0.1) is 0 Å². The smallest absolute Gasteiger partial charge is 0.280 e. The fourth-order valence-electron chi connectivity index (χ4n) is 3.17. The number of aliphatic hydroxyl groups excluding tert-OH is 1. The Bertz CT molecular complexity index is 722. The van der Waals surface area contributed by atoms with E-state index >= 15 is 0 Å². The van der Waals surface area contributed by atoms with Gasteiger partial charge in [-0.2, -0.15) is 5.26 Å². The fraction of sp³-hybridized carbons (Fsp3) is 0.533. The van der Waals surface area contributed by atoms with Crippen LogP contribution in [0.15, 0.2) is 17.1 Å². The van der Waals surface area contributed by atoms with E-state index in [0.29, 0.717) is 11.4 Å². The number of aliphatic hydroxyl groups is 1. The maximum atomic E-state index is 9.85. The van der Waals surface area contributed by atoms with Crippen LogP contribution in [0, 0.1) is 11.3 Å². The van der Waals surface area contributed by atoms with Crippen molar-refractivity contribution in [3.05, 3.63) is 23.5 Å². The second kappa shape index (κ2) is 5.68. The highest BCUT2D eigenvalue weighted by Gasteiger charge is 2.64. The standard InChI is InChI=1S/C15H19N5O4/c1-14(2)23-11-9(5-21)22-15(6-16,12(11)24-14)10-4-3-8(20-10)13(18)19-7-17/h3-4,7,9,11-12,20-21H,5H2,1-2H3,(H3,17,18,19)/p+1/t9-,11-,12-,15+/m1/s1. The Kier molecular flexibility index (Phi) is 3.93. The van der Waals surface area contributed by atoms with Crippen LogP contribution in [-0.2, 0) is 19.8 Å². The molecule has 128 valence electrons. The number of aliphatic imine (C=N–C) groups is 1. The van der Waals surface area contributed by atoms with Crippen LogP contribution in [0.3, 0.4) is 0 Å². The number of hydrogen-bond acceptors (Lipinski definition) is 5. The molecule has 0 spiro atoms. The molecule has 0 aliphatic carbocycles. The van der Waals surface area contributed by atoms with E-state index in [2.05, 4.69) is 16.0 Å². The lowest BCUT2D eigenvalue weighted by molar-refractivity contribution is -0.204. The zero-order valence-corrected chi connectivity index (χ0v) is 13.4. The Morgan fingerprint density at radius 1 is 1.50 bits per heavy atom. The molecule has 0 saturated carbocycles. The van der Waals surface area contributed by atoms with Gasteiger partial charge in [0.2, 0.25) is 5.60 Å². The molecule has 6 N–H and O–H groups in total. The van der Waals surface area contributed by atoms with Crippen molar-refractivity contribution in [1.29, 1.82) is 5.26 Å². The summed E-state index contributed by atoms with van der Waals surface area (Å²) >= 11 is 0. The molecule has 2 fully saturated rings. The first kappa shape index (κ1) is 16.6. The Labute approximate surface area is 138 Å². The first-order valence-electron chi connectivity index (χ1n) is 7.49. The quantitative estimate of drug-likeness (QED) is 0.374. The van der Waals surface area contributed by atoms with Crippen molar-refractivity contribution in [1.82, 2.24) is 4.98 Å². The van der Waals surface area contributed by atoms with Gasteiger partial charge in [-0.1, -0.05) is 0 Å². The minimum Gasteiger partial charge on any atom is -0.394 e. The lowest BCUT2D eigenvalue weighted by Crippen LogP contribution is -2.40. The molecule has 2 saturated heterocycles. The third kappa shape index (κ3) is 2.40. The maximum Gasteiger partial charge on any atom is 0.280 e. The van der Waals surface area contributed by atoms with Crippen LogP contribution in [0.5, 0.6) is 0 Å². The maximum absolute atomic E-state index is 9.85. The molecule has 0 bridgehead atoms. The highest BCUT2D eigenvalue weighted by atomic mass is 16.8. The molecule has 0 aromatic carbocycles. The summed E-state index contributed by atoms with van der Waals surface area (Å²) in [5.74, 6) is -0.701.